The molecule has 0 bridgehead atoms. The van der Waals surface area contributed by atoms with Gasteiger partial charge in [0.2, 0.25) is 10.0 Å². The highest BCUT2D eigenvalue weighted by molar-refractivity contribution is 7.89. The fourth-order valence-electron chi connectivity index (χ4n) is 4.43. The summed E-state index contributed by atoms with van der Waals surface area (Å²) in [6.45, 7) is 2.85. The van der Waals surface area contributed by atoms with Gasteiger partial charge in [-0.15, -0.1) is 0 Å². The number of rotatable bonds is 6. The number of carbonyl (C=O) groups excluding carboxylic acids is 1. The highest BCUT2D eigenvalue weighted by Gasteiger charge is 2.25. The van der Waals surface area contributed by atoms with Gasteiger partial charge < -0.3 is 10.1 Å². The third-order valence-electron chi connectivity index (χ3n) is 6.33. The largest absolute Gasteiger partial charge is 0.481 e. The van der Waals surface area contributed by atoms with Gasteiger partial charge in [-0.3, -0.25) is 4.79 Å². The number of hydrogen-bond acceptors (Lipinski definition) is 4. The summed E-state index contributed by atoms with van der Waals surface area (Å²) < 4.78 is 33.3. The zero-order chi connectivity index (χ0) is 22.6. The summed E-state index contributed by atoms with van der Waals surface area (Å²) in [5.41, 5.74) is 3.23. The number of benzene rings is 2. The van der Waals surface area contributed by atoms with Crippen molar-refractivity contribution in [2.24, 2.45) is 0 Å². The second kappa shape index (κ2) is 10.0. The van der Waals surface area contributed by atoms with Crippen LogP contribution in [0.2, 0.25) is 0 Å². The van der Waals surface area contributed by atoms with E-state index < -0.39 is 16.1 Å². The Kier molecular flexibility index (Phi) is 7.16. The number of carbonyl (C=O) groups is 1. The third kappa shape index (κ3) is 5.33. The van der Waals surface area contributed by atoms with E-state index in [9.17, 15) is 13.2 Å². The summed E-state index contributed by atoms with van der Waals surface area (Å²) in [4.78, 5) is 12.9. The van der Waals surface area contributed by atoms with Crippen LogP contribution in [0.5, 0.6) is 5.75 Å². The summed E-state index contributed by atoms with van der Waals surface area (Å²) in [6, 6.07) is 12.5. The predicted molar refractivity (Wildman–Crippen MR) is 125 cm³/mol. The number of anilines is 1. The number of sulfonamides is 1. The van der Waals surface area contributed by atoms with E-state index in [1.54, 1.807) is 35.5 Å². The number of aryl methyl sites for hydroxylation is 2. The van der Waals surface area contributed by atoms with Crippen LogP contribution in [0.25, 0.3) is 0 Å². The molecule has 0 radical (unpaired) electrons. The molecule has 1 saturated heterocycles. The monoisotopic (exact) mass is 456 g/mol. The Morgan fingerprint density at radius 2 is 1.56 bits per heavy atom. The molecular weight excluding hydrogens is 424 g/mol. The first-order valence-electron chi connectivity index (χ1n) is 11.6. The van der Waals surface area contributed by atoms with Crippen LogP contribution in [0.1, 0.15) is 56.6 Å². The van der Waals surface area contributed by atoms with Gasteiger partial charge in [0.05, 0.1) is 4.90 Å². The first-order chi connectivity index (χ1) is 15.4. The molecule has 4 rings (SSSR count). The number of nitrogens with one attached hydrogen (secondary N) is 1. The maximum atomic E-state index is 12.9. The molecule has 1 atom stereocenters. The third-order valence-corrected chi connectivity index (χ3v) is 8.24. The molecule has 1 fully saturated rings. The lowest BCUT2D eigenvalue weighted by Gasteiger charge is -2.20. The standard InChI is InChI=1S/C25H32N2O4S/c1-19(31-23-13-10-20-8-4-5-9-21(20)18-23)25(28)26-22-11-14-24(15-12-22)32(29,30)27-16-6-2-3-7-17-27/h10-15,18-19H,2-9,16-17H2,1H3,(H,26,28). The van der Waals surface area contributed by atoms with Crippen LogP contribution in [-0.2, 0) is 27.7 Å². The molecule has 1 N–H and O–H groups in total. The molecule has 0 spiro atoms. The molecule has 6 nitrogen and oxygen atoms in total. The average molecular weight is 457 g/mol. The Bertz CT molecular complexity index is 1040. The second-order valence-electron chi connectivity index (χ2n) is 8.73. The average Bonchev–Trinajstić information content (AvgIpc) is 3.09. The highest BCUT2D eigenvalue weighted by Crippen LogP contribution is 2.26. The van der Waals surface area contributed by atoms with E-state index >= 15 is 0 Å². The Morgan fingerprint density at radius 3 is 2.25 bits per heavy atom. The van der Waals surface area contributed by atoms with E-state index in [1.807, 2.05) is 12.1 Å². The molecule has 2 aromatic rings. The number of hydrogen-bond donors (Lipinski definition) is 1. The number of amides is 1. The molecule has 0 aromatic heterocycles. The fraction of sp³-hybridized carbons (Fsp3) is 0.480. The van der Waals surface area contributed by atoms with Crippen LogP contribution >= 0.6 is 0 Å². The van der Waals surface area contributed by atoms with Crippen molar-refractivity contribution in [2.45, 2.75) is 69.3 Å². The van der Waals surface area contributed by atoms with Crippen LogP contribution in [-0.4, -0.2) is 37.8 Å². The van der Waals surface area contributed by atoms with Crippen LogP contribution < -0.4 is 10.1 Å². The molecule has 1 aliphatic heterocycles. The number of ether oxygens (including phenoxy) is 1. The van der Waals surface area contributed by atoms with Crippen molar-refractivity contribution in [3.63, 3.8) is 0 Å². The summed E-state index contributed by atoms with van der Waals surface area (Å²) in [6.07, 6.45) is 7.85. The van der Waals surface area contributed by atoms with E-state index in [0.29, 0.717) is 24.5 Å². The minimum absolute atomic E-state index is 0.260. The maximum Gasteiger partial charge on any atom is 0.265 e. The van der Waals surface area contributed by atoms with Gasteiger partial charge in [0, 0.05) is 18.8 Å². The van der Waals surface area contributed by atoms with E-state index in [2.05, 4.69) is 11.4 Å². The van der Waals surface area contributed by atoms with Gasteiger partial charge in [-0.2, -0.15) is 4.31 Å². The summed E-state index contributed by atoms with van der Waals surface area (Å²) in [5, 5.41) is 2.82. The van der Waals surface area contributed by atoms with Crippen LogP contribution in [0.3, 0.4) is 0 Å². The molecule has 32 heavy (non-hydrogen) atoms. The van der Waals surface area contributed by atoms with Gasteiger partial charge >= 0.3 is 0 Å². The Labute approximate surface area is 191 Å². The van der Waals surface area contributed by atoms with Crippen molar-refractivity contribution in [3.05, 3.63) is 53.6 Å². The van der Waals surface area contributed by atoms with Crippen LogP contribution in [0, 0.1) is 0 Å². The summed E-state index contributed by atoms with van der Waals surface area (Å²) in [7, 11) is -3.50. The first kappa shape index (κ1) is 22.8. The molecule has 2 aromatic carbocycles. The van der Waals surface area contributed by atoms with E-state index in [1.165, 1.54) is 24.0 Å². The minimum atomic E-state index is -3.50. The van der Waals surface area contributed by atoms with Crippen molar-refractivity contribution < 1.29 is 17.9 Å². The highest BCUT2D eigenvalue weighted by atomic mass is 32.2. The van der Waals surface area contributed by atoms with Crippen molar-refractivity contribution >= 4 is 21.6 Å². The van der Waals surface area contributed by atoms with Gasteiger partial charge in [0.25, 0.3) is 5.91 Å². The molecular formula is C25H32N2O4S. The Balaban J connectivity index is 1.37. The van der Waals surface area contributed by atoms with Gasteiger partial charge in [0.1, 0.15) is 5.75 Å². The molecule has 1 unspecified atom stereocenters. The first-order valence-corrected chi connectivity index (χ1v) is 13.1. The lowest BCUT2D eigenvalue weighted by molar-refractivity contribution is -0.122. The van der Waals surface area contributed by atoms with E-state index in [-0.39, 0.29) is 10.8 Å². The van der Waals surface area contributed by atoms with Gasteiger partial charge in [-0.25, -0.2) is 8.42 Å². The molecule has 2 aliphatic rings. The van der Waals surface area contributed by atoms with E-state index in [0.717, 1.165) is 38.5 Å². The maximum absolute atomic E-state index is 12.9. The Morgan fingerprint density at radius 1 is 0.906 bits per heavy atom. The summed E-state index contributed by atoms with van der Waals surface area (Å²) >= 11 is 0. The van der Waals surface area contributed by atoms with Gasteiger partial charge in [0.15, 0.2) is 6.10 Å². The lowest BCUT2D eigenvalue weighted by Crippen LogP contribution is -2.32. The van der Waals surface area contributed by atoms with Crippen LogP contribution in [0.15, 0.2) is 47.4 Å². The quantitative estimate of drug-likeness (QED) is 0.693. The molecule has 1 aliphatic carbocycles. The van der Waals surface area contributed by atoms with Crippen molar-refractivity contribution in [3.8, 4) is 5.75 Å². The predicted octanol–water partition coefficient (Wildman–Crippen LogP) is 4.54. The van der Waals surface area contributed by atoms with E-state index in [4.69, 9.17) is 4.74 Å². The molecule has 7 heteroatoms. The lowest BCUT2D eigenvalue weighted by atomic mass is 9.92. The fourth-order valence-corrected chi connectivity index (χ4v) is 5.94. The topological polar surface area (TPSA) is 75.7 Å². The van der Waals surface area contributed by atoms with Gasteiger partial charge in [-0.05, 0) is 93.0 Å². The molecule has 1 amide bonds. The summed E-state index contributed by atoms with van der Waals surface area (Å²) in [5.74, 6) is 0.429. The smallest absolute Gasteiger partial charge is 0.265 e. The van der Waals surface area contributed by atoms with Crippen molar-refractivity contribution in [1.29, 1.82) is 0 Å². The van der Waals surface area contributed by atoms with Gasteiger partial charge in [-0.1, -0.05) is 18.9 Å². The number of nitrogens with zero attached hydrogens (tertiary/aromatic N) is 1. The van der Waals surface area contributed by atoms with Crippen molar-refractivity contribution in [2.75, 3.05) is 18.4 Å². The zero-order valence-corrected chi connectivity index (χ0v) is 19.5. The minimum Gasteiger partial charge on any atom is -0.481 e. The Hall–Kier alpha value is -2.38. The molecule has 172 valence electrons. The van der Waals surface area contributed by atoms with Crippen molar-refractivity contribution in [1.82, 2.24) is 4.31 Å². The van der Waals surface area contributed by atoms with Crippen LogP contribution in [0.4, 0.5) is 5.69 Å². The molecule has 1 heterocycles. The number of fused-ring (bicyclic) bond motifs is 1. The molecule has 0 saturated carbocycles. The SMILES string of the molecule is CC(Oc1ccc2c(c1)CCCC2)C(=O)Nc1ccc(S(=O)(=O)N2CCCCCC2)cc1. The normalized spacial score (nSPS) is 18.3. The zero-order valence-electron chi connectivity index (χ0n) is 18.7. The second-order valence-corrected chi connectivity index (χ2v) is 10.7.